The van der Waals surface area contributed by atoms with Gasteiger partial charge in [-0.05, 0) is 24.6 Å². The van der Waals surface area contributed by atoms with E-state index in [0.717, 1.165) is 40.9 Å². The molecule has 0 radical (unpaired) electrons. The molecule has 1 heterocycles. The second-order valence-corrected chi connectivity index (χ2v) is 5.65. The minimum absolute atomic E-state index is 0.253. The van der Waals surface area contributed by atoms with E-state index in [1.807, 2.05) is 37.2 Å². The van der Waals surface area contributed by atoms with Gasteiger partial charge in [0.25, 0.3) is 0 Å². The number of hydrogen-bond donors (Lipinski definition) is 1. The van der Waals surface area contributed by atoms with Gasteiger partial charge in [-0.1, -0.05) is 19.6 Å². The molecule has 0 aliphatic rings. The number of fused-ring (bicyclic) bond motifs is 1. The first-order chi connectivity index (χ1) is 11.1. The molecule has 1 aromatic carbocycles. The molecule has 124 valence electrons. The molecule has 0 aliphatic heterocycles. The normalized spacial score (nSPS) is 9.91. The number of halogens is 1. The van der Waals surface area contributed by atoms with Gasteiger partial charge in [0.2, 0.25) is 0 Å². The maximum absolute atomic E-state index is 13.2. The van der Waals surface area contributed by atoms with Crippen molar-refractivity contribution in [1.82, 2.24) is 10.3 Å². The molecule has 23 heavy (non-hydrogen) atoms. The summed E-state index contributed by atoms with van der Waals surface area (Å²) >= 11 is 0.253. The molecule has 0 spiro atoms. The number of nitrogens with one attached hydrogen (secondary N) is 1. The van der Waals surface area contributed by atoms with E-state index < -0.39 is 0 Å². The Hall–Kier alpha value is -2.01. The molecule has 0 unspecified atom stereocenters. The monoisotopic (exact) mass is 333 g/mol. The standard InChI is InChI=1S/C16H20FN3S.C2H4/c1-5-9-18-11(2)13-10-14(20(3)4)16-12(19-13)7-6-8-15(16)21-17;1-2/h6-8,10,18H,2,5,9H2,1,3-4H3;1-2H2. The first kappa shape index (κ1) is 19.0. The van der Waals surface area contributed by atoms with Gasteiger partial charge in [-0.2, -0.15) is 3.89 Å². The van der Waals surface area contributed by atoms with Crippen LogP contribution in [0.25, 0.3) is 16.6 Å². The molecule has 0 fully saturated rings. The van der Waals surface area contributed by atoms with Gasteiger partial charge in [0.15, 0.2) is 0 Å². The van der Waals surface area contributed by atoms with E-state index in [9.17, 15) is 3.89 Å². The summed E-state index contributed by atoms with van der Waals surface area (Å²) in [5, 5.41) is 4.09. The average molecular weight is 333 g/mol. The Morgan fingerprint density at radius 1 is 1.35 bits per heavy atom. The van der Waals surface area contributed by atoms with Crippen molar-refractivity contribution in [3.63, 3.8) is 0 Å². The number of rotatable bonds is 6. The minimum atomic E-state index is 0.253. The van der Waals surface area contributed by atoms with Crippen molar-refractivity contribution in [2.75, 3.05) is 25.5 Å². The number of benzene rings is 1. The number of aromatic nitrogens is 1. The fraction of sp³-hybridized carbons (Fsp3) is 0.278. The smallest absolute Gasteiger partial charge is 0.0883 e. The molecule has 0 atom stereocenters. The summed E-state index contributed by atoms with van der Waals surface area (Å²) < 4.78 is 13.2. The van der Waals surface area contributed by atoms with E-state index >= 15 is 0 Å². The lowest BCUT2D eigenvalue weighted by atomic mass is 10.1. The predicted octanol–water partition coefficient (Wildman–Crippen LogP) is 5.05. The van der Waals surface area contributed by atoms with Gasteiger partial charge >= 0.3 is 0 Å². The van der Waals surface area contributed by atoms with Gasteiger partial charge in [0.1, 0.15) is 0 Å². The largest absolute Gasteiger partial charge is 0.384 e. The van der Waals surface area contributed by atoms with Crippen molar-refractivity contribution in [2.24, 2.45) is 0 Å². The van der Waals surface area contributed by atoms with Crippen LogP contribution < -0.4 is 10.2 Å². The highest BCUT2D eigenvalue weighted by Crippen LogP contribution is 2.35. The third-order valence-corrected chi connectivity index (χ3v) is 3.74. The van der Waals surface area contributed by atoms with Crippen molar-refractivity contribution >= 4 is 34.4 Å². The van der Waals surface area contributed by atoms with Gasteiger partial charge in [-0.15, -0.1) is 13.2 Å². The maximum Gasteiger partial charge on any atom is 0.0883 e. The van der Waals surface area contributed by atoms with E-state index in [4.69, 9.17) is 0 Å². The molecular formula is C18H24FN3S. The van der Waals surface area contributed by atoms with Gasteiger partial charge in [0, 0.05) is 31.7 Å². The summed E-state index contributed by atoms with van der Waals surface area (Å²) in [5.74, 6) is 0. The number of anilines is 1. The molecule has 0 saturated carbocycles. The summed E-state index contributed by atoms with van der Waals surface area (Å²) in [5.41, 5.74) is 3.30. The predicted molar refractivity (Wildman–Crippen MR) is 102 cm³/mol. The van der Waals surface area contributed by atoms with Gasteiger partial charge in [-0.25, -0.2) is 4.98 Å². The average Bonchev–Trinajstić information content (AvgIpc) is 2.59. The third kappa shape index (κ3) is 4.48. The van der Waals surface area contributed by atoms with Gasteiger partial charge < -0.3 is 10.2 Å². The Balaban J connectivity index is 0.00000127. The highest BCUT2D eigenvalue weighted by molar-refractivity contribution is 7.94. The Morgan fingerprint density at radius 3 is 2.61 bits per heavy atom. The highest BCUT2D eigenvalue weighted by atomic mass is 32.2. The van der Waals surface area contributed by atoms with E-state index in [0.29, 0.717) is 4.90 Å². The SMILES string of the molecule is C=C.C=C(NCCC)c1cc(N(C)C)c2c(SF)cccc2n1. The Labute approximate surface area is 142 Å². The lowest BCUT2D eigenvalue weighted by Gasteiger charge is -2.19. The molecule has 0 aliphatic carbocycles. The van der Waals surface area contributed by atoms with Crippen molar-refractivity contribution in [3.8, 4) is 0 Å². The molecule has 2 rings (SSSR count). The first-order valence-corrected chi connectivity index (χ1v) is 8.13. The zero-order valence-electron chi connectivity index (χ0n) is 14.0. The Morgan fingerprint density at radius 2 is 2.04 bits per heavy atom. The fourth-order valence-corrected chi connectivity index (χ4v) is 2.59. The molecule has 2 aromatic rings. The Kier molecular flexibility index (Phi) is 7.62. The summed E-state index contributed by atoms with van der Waals surface area (Å²) in [6.45, 7) is 13.0. The highest BCUT2D eigenvalue weighted by Gasteiger charge is 2.13. The van der Waals surface area contributed by atoms with Crippen LogP contribution in [-0.4, -0.2) is 25.6 Å². The fourth-order valence-electron chi connectivity index (χ4n) is 2.17. The summed E-state index contributed by atoms with van der Waals surface area (Å²) in [6.07, 6.45) is 1.02. The minimum Gasteiger partial charge on any atom is -0.384 e. The van der Waals surface area contributed by atoms with Crippen LogP contribution in [0.15, 0.2) is 48.9 Å². The van der Waals surface area contributed by atoms with E-state index in [1.165, 1.54) is 0 Å². The Bertz CT molecular complexity index is 671. The van der Waals surface area contributed by atoms with Crippen molar-refractivity contribution in [1.29, 1.82) is 0 Å². The molecule has 0 amide bonds. The number of hydrogen-bond acceptors (Lipinski definition) is 4. The lowest BCUT2D eigenvalue weighted by Crippen LogP contribution is -2.15. The lowest BCUT2D eigenvalue weighted by molar-refractivity contribution is 0.822. The van der Waals surface area contributed by atoms with Crippen molar-refractivity contribution < 1.29 is 3.89 Å². The molecule has 0 saturated heterocycles. The van der Waals surface area contributed by atoms with Crippen molar-refractivity contribution in [2.45, 2.75) is 18.2 Å². The topological polar surface area (TPSA) is 28.2 Å². The summed E-state index contributed by atoms with van der Waals surface area (Å²) in [4.78, 5) is 7.17. The maximum atomic E-state index is 13.2. The van der Waals surface area contributed by atoms with Crippen LogP contribution in [0.5, 0.6) is 0 Å². The quantitative estimate of drug-likeness (QED) is 0.749. The number of pyridine rings is 1. The van der Waals surface area contributed by atoms with Gasteiger partial charge in [0.05, 0.1) is 34.0 Å². The van der Waals surface area contributed by atoms with E-state index in [1.54, 1.807) is 6.07 Å². The molecule has 0 bridgehead atoms. The van der Waals surface area contributed by atoms with Crippen LogP contribution in [0.2, 0.25) is 0 Å². The van der Waals surface area contributed by atoms with Gasteiger partial charge in [-0.3, -0.25) is 0 Å². The molecule has 1 aromatic heterocycles. The zero-order chi connectivity index (χ0) is 17.4. The van der Waals surface area contributed by atoms with Crippen LogP contribution >= 0.6 is 12.1 Å². The third-order valence-electron chi connectivity index (χ3n) is 3.24. The van der Waals surface area contributed by atoms with Crippen LogP contribution in [0.1, 0.15) is 19.0 Å². The molecular weight excluding hydrogens is 309 g/mol. The summed E-state index contributed by atoms with van der Waals surface area (Å²) in [7, 11) is 3.89. The zero-order valence-corrected chi connectivity index (χ0v) is 14.8. The summed E-state index contributed by atoms with van der Waals surface area (Å²) in [6, 6.07) is 7.44. The molecule has 1 N–H and O–H groups in total. The van der Waals surface area contributed by atoms with E-state index in [2.05, 4.69) is 37.0 Å². The van der Waals surface area contributed by atoms with Crippen molar-refractivity contribution in [3.05, 3.63) is 49.7 Å². The molecule has 3 nitrogen and oxygen atoms in total. The van der Waals surface area contributed by atoms with Crippen LogP contribution in [-0.2, 0) is 0 Å². The second-order valence-electron chi connectivity index (χ2n) is 5.05. The molecule has 5 heteroatoms. The van der Waals surface area contributed by atoms with Crippen LogP contribution in [0.3, 0.4) is 0 Å². The van der Waals surface area contributed by atoms with E-state index in [-0.39, 0.29) is 12.1 Å². The first-order valence-electron chi connectivity index (χ1n) is 7.41. The van der Waals surface area contributed by atoms with Crippen LogP contribution in [0, 0.1) is 0 Å². The number of nitrogens with zero attached hydrogens (tertiary/aromatic N) is 2. The second kappa shape index (κ2) is 9.20. The van der Waals surface area contributed by atoms with Crippen LogP contribution in [0.4, 0.5) is 9.57 Å².